The van der Waals surface area contributed by atoms with Crippen molar-refractivity contribution in [2.45, 2.75) is 38.5 Å². The molecule has 0 bridgehead atoms. The third-order valence-electron chi connectivity index (χ3n) is 2.74. The molecular formula is C11H16BrNOS. The molecule has 0 saturated heterocycles. The maximum atomic E-state index is 5.52. The van der Waals surface area contributed by atoms with Gasteiger partial charge in [-0.05, 0) is 47.1 Å². The Morgan fingerprint density at radius 1 is 1.60 bits per heavy atom. The minimum Gasteiger partial charge on any atom is -0.378 e. The first kappa shape index (κ1) is 11.6. The zero-order chi connectivity index (χ0) is 10.7. The average Bonchev–Trinajstić information content (AvgIpc) is 2.55. The molecule has 1 aliphatic rings. The van der Waals surface area contributed by atoms with Crippen LogP contribution in [0.1, 0.15) is 24.6 Å². The third-order valence-corrected chi connectivity index (χ3v) is 4.67. The summed E-state index contributed by atoms with van der Waals surface area (Å²) in [4.78, 5) is 1.38. The molecule has 1 saturated carbocycles. The van der Waals surface area contributed by atoms with Crippen LogP contribution in [0.25, 0.3) is 0 Å². The lowest BCUT2D eigenvalue weighted by Gasteiger charge is -2.35. The Balaban J connectivity index is 1.66. The lowest BCUT2D eigenvalue weighted by Crippen LogP contribution is -2.45. The van der Waals surface area contributed by atoms with Crippen LogP contribution in [0, 0.1) is 0 Å². The second-order valence-electron chi connectivity index (χ2n) is 3.82. The SMILES string of the molecule is CCOC1CC(NCc2sccc2Br)C1. The lowest BCUT2D eigenvalue weighted by molar-refractivity contribution is -0.0101. The van der Waals surface area contributed by atoms with E-state index in [0.29, 0.717) is 12.1 Å². The number of hydrogen-bond acceptors (Lipinski definition) is 3. The number of halogens is 1. The Morgan fingerprint density at radius 2 is 2.40 bits per heavy atom. The van der Waals surface area contributed by atoms with Gasteiger partial charge in [0.05, 0.1) is 6.10 Å². The van der Waals surface area contributed by atoms with Crippen LogP contribution in [0.3, 0.4) is 0 Å². The topological polar surface area (TPSA) is 21.3 Å². The minimum atomic E-state index is 0.499. The zero-order valence-electron chi connectivity index (χ0n) is 8.83. The van der Waals surface area contributed by atoms with Crippen molar-refractivity contribution in [1.29, 1.82) is 0 Å². The molecule has 1 aliphatic carbocycles. The van der Waals surface area contributed by atoms with Gasteiger partial charge in [-0.2, -0.15) is 0 Å². The van der Waals surface area contributed by atoms with Crippen LogP contribution >= 0.6 is 27.3 Å². The van der Waals surface area contributed by atoms with Crippen molar-refractivity contribution in [3.05, 3.63) is 20.8 Å². The highest BCUT2D eigenvalue weighted by atomic mass is 79.9. The fraction of sp³-hybridized carbons (Fsp3) is 0.636. The largest absolute Gasteiger partial charge is 0.378 e. The summed E-state index contributed by atoms with van der Waals surface area (Å²) in [5, 5.41) is 5.67. The molecule has 0 atom stereocenters. The molecule has 15 heavy (non-hydrogen) atoms. The third kappa shape index (κ3) is 3.03. The van der Waals surface area contributed by atoms with Crippen LogP contribution in [0.15, 0.2) is 15.9 Å². The van der Waals surface area contributed by atoms with Crippen LogP contribution in [0.2, 0.25) is 0 Å². The quantitative estimate of drug-likeness (QED) is 0.899. The Morgan fingerprint density at radius 3 is 3.00 bits per heavy atom. The van der Waals surface area contributed by atoms with Gasteiger partial charge in [-0.3, -0.25) is 0 Å². The number of ether oxygens (including phenoxy) is 1. The molecule has 0 aromatic carbocycles. The van der Waals surface area contributed by atoms with Gasteiger partial charge >= 0.3 is 0 Å². The predicted octanol–water partition coefficient (Wildman–Crippen LogP) is 3.17. The molecule has 0 amide bonds. The fourth-order valence-corrected chi connectivity index (χ4v) is 3.24. The first-order valence-corrected chi connectivity index (χ1v) is 7.03. The van der Waals surface area contributed by atoms with Gasteiger partial charge in [-0.25, -0.2) is 0 Å². The molecule has 0 radical (unpaired) electrons. The van der Waals surface area contributed by atoms with Crippen LogP contribution in [-0.4, -0.2) is 18.8 Å². The van der Waals surface area contributed by atoms with E-state index in [2.05, 4.69) is 39.6 Å². The van der Waals surface area contributed by atoms with Gasteiger partial charge in [0.2, 0.25) is 0 Å². The van der Waals surface area contributed by atoms with Gasteiger partial charge in [0.15, 0.2) is 0 Å². The Labute approximate surface area is 103 Å². The zero-order valence-corrected chi connectivity index (χ0v) is 11.2. The van der Waals surface area contributed by atoms with Crippen molar-refractivity contribution in [3.63, 3.8) is 0 Å². The molecule has 0 spiro atoms. The van der Waals surface area contributed by atoms with E-state index in [1.165, 1.54) is 9.35 Å². The van der Waals surface area contributed by atoms with Gasteiger partial charge in [-0.1, -0.05) is 0 Å². The highest BCUT2D eigenvalue weighted by molar-refractivity contribution is 9.10. The van der Waals surface area contributed by atoms with Gasteiger partial charge in [-0.15, -0.1) is 11.3 Å². The lowest BCUT2D eigenvalue weighted by atomic mass is 9.89. The van der Waals surface area contributed by atoms with Crippen LogP contribution in [0.5, 0.6) is 0 Å². The number of nitrogens with one attached hydrogen (secondary N) is 1. The van der Waals surface area contributed by atoms with E-state index in [1.54, 1.807) is 11.3 Å². The van der Waals surface area contributed by atoms with Crippen molar-refractivity contribution < 1.29 is 4.74 Å². The fourth-order valence-electron chi connectivity index (χ4n) is 1.79. The highest BCUT2D eigenvalue weighted by Crippen LogP contribution is 2.26. The summed E-state index contributed by atoms with van der Waals surface area (Å²) in [5.41, 5.74) is 0. The molecule has 2 rings (SSSR count). The van der Waals surface area contributed by atoms with Gasteiger partial charge in [0.25, 0.3) is 0 Å². The standard InChI is InChI=1S/C11H16BrNOS/c1-2-14-9-5-8(6-9)13-7-11-10(12)3-4-15-11/h3-4,8-9,13H,2,5-7H2,1H3. The smallest absolute Gasteiger partial charge is 0.0604 e. The number of thiophene rings is 1. The number of hydrogen-bond donors (Lipinski definition) is 1. The molecule has 0 aliphatic heterocycles. The van der Waals surface area contributed by atoms with Gasteiger partial charge < -0.3 is 10.1 Å². The average molecular weight is 290 g/mol. The molecule has 1 fully saturated rings. The molecule has 1 N–H and O–H groups in total. The van der Waals surface area contributed by atoms with E-state index in [-0.39, 0.29) is 0 Å². The maximum Gasteiger partial charge on any atom is 0.0604 e. The van der Waals surface area contributed by atoms with E-state index < -0.39 is 0 Å². The molecule has 0 unspecified atom stereocenters. The second kappa shape index (κ2) is 5.43. The van der Waals surface area contributed by atoms with E-state index >= 15 is 0 Å². The summed E-state index contributed by atoms with van der Waals surface area (Å²) in [6.07, 6.45) is 2.83. The Bertz CT molecular complexity index is 309. The highest BCUT2D eigenvalue weighted by Gasteiger charge is 2.28. The molecule has 1 heterocycles. The summed E-state index contributed by atoms with van der Waals surface area (Å²) < 4.78 is 6.75. The summed E-state index contributed by atoms with van der Waals surface area (Å²) in [5.74, 6) is 0. The van der Waals surface area contributed by atoms with Crippen molar-refractivity contribution in [1.82, 2.24) is 5.32 Å². The maximum absolute atomic E-state index is 5.52. The Hall–Kier alpha value is 0.100. The monoisotopic (exact) mass is 289 g/mol. The van der Waals surface area contributed by atoms with Gasteiger partial charge in [0, 0.05) is 28.5 Å². The predicted molar refractivity (Wildman–Crippen MR) is 67.3 cm³/mol. The van der Waals surface area contributed by atoms with E-state index in [0.717, 1.165) is 26.0 Å². The van der Waals surface area contributed by atoms with Crippen molar-refractivity contribution in [2.24, 2.45) is 0 Å². The van der Waals surface area contributed by atoms with Crippen LogP contribution in [0.4, 0.5) is 0 Å². The first-order valence-electron chi connectivity index (χ1n) is 5.36. The van der Waals surface area contributed by atoms with Crippen LogP contribution in [-0.2, 0) is 11.3 Å². The summed E-state index contributed by atoms with van der Waals surface area (Å²) in [6.45, 7) is 3.87. The van der Waals surface area contributed by atoms with Crippen molar-refractivity contribution in [2.75, 3.05) is 6.61 Å². The van der Waals surface area contributed by atoms with Crippen molar-refractivity contribution in [3.8, 4) is 0 Å². The molecule has 1 aromatic rings. The summed E-state index contributed by atoms with van der Waals surface area (Å²) in [7, 11) is 0. The molecule has 1 aromatic heterocycles. The molecular weight excluding hydrogens is 274 g/mol. The molecule has 4 heteroatoms. The normalized spacial score (nSPS) is 25.2. The van der Waals surface area contributed by atoms with Gasteiger partial charge in [0.1, 0.15) is 0 Å². The molecule has 84 valence electrons. The van der Waals surface area contributed by atoms with E-state index in [4.69, 9.17) is 4.74 Å². The Kier molecular flexibility index (Phi) is 4.20. The number of rotatable bonds is 5. The van der Waals surface area contributed by atoms with E-state index in [1.807, 2.05) is 0 Å². The second-order valence-corrected chi connectivity index (χ2v) is 5.67. The van der Waals surface area contributed by atoms with Crippen LogP contribution < -0.4 is 5.32 Å². The molecule has 2 nitrogen and oxygen atoms in total. The first-order chi connectivity index (χ1) is 7.29. The van der Waals surface area contributed by atoms with Crippen molar-refractivity contribution >= 4 is 27.3 Å². The van der Waals surface area contributed by atoms with E-state index in [9.17, 15) is 0 Å². The summed E-state index contributed by atoms with van der Waals surface area (Å²) in [6, 6.07) is 2.75. The summed E-state index contributed by atoms with van der Waals surface area (Å²) >= 11 is 5.34. The minimum absolute atomic E-state index is 0.499.